The number of aliphatic hydroxyl groups excluding tert-OH is 1. The molecule has 0 fully saturated rings. The molecule has 2 unspecified atom stereocenters. The molecule has 0 saturated heterocycles. The summed E-state index contributed by atoms with van der Waals surface area (Å²) in [4.78, 5) is 32.4. The molecule has 0 heterocycles. The summed E-state index contributed by atoms with van der Waals surface area (Å²) >= 11 is 0. The van der Waals surface area contributed by atoms with Crippen molar-refractivity contribution in [3.63, 3.8) is 0 Å². The van der Waals surface area contributed by atoms with E-state index in [1.165, 1.54) is 6.92 Å². The largest absolute Gasteiger partial charge is 0.481 e. The van der Waals surface area contributed by atoms with Crippen LogP contribution in [0.2, 0.25) is 0 Å². The fraction of sp³-hybridized carbons (Fsp3) is 0.700. The lowest BCUT2D eigenvalue weighted by molar-refractivity contribution is -0.164. The Hall–Kier alpha value is -1.63. The molecule has 0 aromatic carbocycles. The van der Waals surface area contributed by atoms with Crippen LogP contribution in [0.3, 0.4) is 0 Å². The summed E-state index contributed by atoms with van der Waals surface area (Å²) in [5, 5.41) is 17.4. The summed E-state index contributed by atoms with van der Waals surface area (Å²) in [6, 6.07) is 0. The molecule has 0 aliphatic carbocycles. The quantitative estimate of drug-likeness (QED) is 0.595. The molecule has 0 spiro atoms. The van der Waals surface area contributed by atoms with E-state index in [-0.39, 0.29) is 13.0 Å². The maximum atomic E-state index is 11.1. The number of aliphatic carboxylic acids is 1. The van der Waals surface area contributed by atoms with Crippen LogP contribution in [-0.4, -0.2) is 46.9 Å². The fourth-order valence-corrected chi connectivity index (χ4v) is 1.02. The Morgan fingerprint density at radius 2 is 1.82 bits per heavy atom. The molecule has 0 saturated carbocycles. The van der Waals surface area contributed by atoms with E-state index in [1.807, 2.05) is 0 Å². The van der Waals surface area contributed by atoms with Gasteiger partial charge in [0.15, 0.2) is 6.10 Å². The van der Waals surface area contributed by atoms with Gasteiger partial charge in [0, 0.05) is 0 Å². The smallest absolute Gasteiger partial charge is 0.335 e. The molecule has 0 aromatic rings. The van der Waals surface area contributed by atoms with Crippen molar-refractivity contribution < 1.29 is 34.1 Å². The highest BCUT2D eigenvalue weighted by molar-refractivity contribution is 5.81. The van der Waals surface area contributed by atoms with Crippen molar-refractivity contribution >= 4 is 17.9 Å². The number of rotatable bonds is 7. The van der Waals surface area contributed by atoms with Gasteiger partial charge in [0.25, 0.3) is 0 Å². The molecule has 0 aliphatic heterocycles. The summed E-state index contributed by atoms with van der Waals surface area (Å²) in [5.41, 5.74) is 0. The maximum absolute atomic E-state index is 11.1. The summed E-state index contributed by atoms with van der Waals surface area (Å²) in [7, 11) is 0. The predicted molar refractivity (Wildman–Crippen MR) is 55.1 cm³/mol. The monoisotopic (exact) mass is 248 g/mol. The highest BCUT2D eigenvalue weighted by Gasteiger charge is 2.23. The zero-order valence-electron chi connectivity index (χ0n) is 9.71. The second kappa shape index (κ2) is 7.61. The number of carbonyl (C=O) groups excluding carboxylic acids is 2. The molecular formula is C10H16O7. The van der Waals surface area contributed by atoms with Gasteiger partial charge in [-0.3, -0.25) is 9.59 Å². The molecule has 0 rings (SSSR count). The molecular weight excluding hydrogens is 232 g/mol. The highest BCUT2D eigenvalue weighted by atomic mass is 16.6. The van der Waals surface area contributed by atoms with Gasteiger partial charge in [0.1, 0.15) is 6.10 Å². The highest BCUT2D eigenvalue weighted by Crippen LogP contribution is 2.04. The van der Waals surface area contributed by atoms with Crippen LogP contribution in [-0.2, 0) is 23.9 Å². The third kappa shape index (κ3) is 7.29. The van der Waals surface area contributed by atoms with Gasteiger partial charge in [-0.2, -0.15) is 0 Å². The van der Waals surface area contributed by atoms with Gasteiger partial charge < -0.3 is 19.7 Å². The van der Waals surface area contributed by atoms with Crippen LogP contribution in [0.15, 0.2) is 0 Å². The standard InChI is InChI=1S/C10H16O7/c1-3-16-9(14)4-6(2)17-10(15)7(11)5-8(12)13/h6-7,11H,3-5H2,1-2H3,(H,12,13). The first kappa shape index (κ1) is 15.4. The first-order valence-electron chi connectivity index (χ1n) is 5.12. The lowest BCUT2D eigenvalue weighted by Crippen LogP contribution is -2.30. The lowest BCUT2D eigenvalue weighted by atomic mass is 10.2. The Morgan fingerprint density at radius 1 is 1.24 bits per heavy atom. The van der Waals surface area contributed by atoms with E-state index in [1.54, 1.807) is 6.92 Å². The topological polar surface area (TPSA) is 110 Å². The minimum Gasteiger partial charge on any atom is -0.481 e. The first-order chi connectivity index (χ1) is 7.86. The van der Waals surface area contributed by atoms with Crippen molar-refractivity contribution in [2.24, 2.45) is 0 Å². The number of aliphatic hydroxyl groups is 1. The summed E-state index contributed by atoms with van der Waals surface area (Å²) < 4.78 is 9.31. The Balaban J connectivity index is 4.02. The molecule has 7 heteroatoms. The number of esters is 2. The van der Waals surface area contributed by atoms with Crippen LogP contribution < -0.4 is 0 Å². The number of carboxylic acids is 1. The molecule has 0 bridgehead atoms. The van der Waals surface area contributed by atoms with Crippen molar-refractivity contribution in [3.05, 3.63) is 0 Å². The molecule has 98 valence electrons. The van der Waals surface area contributed by atoms with Crippen molar-refractivity contribution in [1.82, 2.24) is 0 Å². The van der Waals surface area contributed by atoms with Gasteiger partial charge in [0.05, 0.1) is 19.4 Å². The van der Waals surface area contributed by atoms with E-state index in [0.29, 0.717) is 0 Å². The van der Waals surface area contributed by atoms with Crippen molar-refractivity contribution in [3.8, 4) is 0 Å². The van der Waals surface area contributed by atoms with Crippen LogP contribution in [0.5, 0.6) is 0 Å². The zero-order chi connectivity index (χ0) is 13.4. The summed E-state index contributed by atoms with van der Waals surface area (Å²) in [6.07, 6.45) is -3.37. The Kier molecular flexibility index (Phi) is 6.88. The SMILES string of the molecule is CCOC(=O)CC(C)OC(=O)C(O)CC(=O)O. The van der Waals surface area contributed by atoms with E-state index in [0.717, 1.165) is 0 Å². The minimum absolute atomic E-state index is 0.140. The first-order valence-corrected chi connectivity index (χ1v) is 5.12. The maximum Gasteiger partial charge on any atom is 0.335 e. The molecule has 0 aromatic heterocycles. The van der Waals surface area contributed by atoms with Crippen molar-refractivity contribution in [2.75, 3.05) is 6.61 Å². The normalized spacial score (nSPS) is 13.6. The zero-order valence-corrected chi connectivity index (χ0v) is 9.71. The van der Waals surface area contributed by atoms with Crippen LogP contribution in [0.25, 0.3) is 0 Å². The second-order valence-corrected chi connectivity index (χ2v) is 3.37. The third-order valence-corrected chi connectivity index (χ3v) is 1.72. The molecule has 0 radical (unpaired) electrons. The number of hydrogen-bond acceptors (Lipinski definition) is 6. The lowest BCUT2D eigenvalue weighted by Gasteiger charge is -2.14. The van der Waals surface area contributed by atoms with Crippen LogP contribution >= 0.6 is 0 Å². The average Bonchev–Trinajstić information content (AvgIpc) is 2.16. The van der Waals surface area contributed by atoms with Crippen molar-refractivity contribution in [2.45, 2.75) is 38.9 Å². The van der Waals surface area contributed by atoms with E-state index in [9.17, 15) is 14.4 Å². The number of carboxylic acid groups (broad SMARTS) is 1. The minimum atomic E-state index is -1.72. The third-order valence-electron chi connectivity index (χ3n) is 1.72. The van der Waals surface area contributed by atoms with Gasteiger partial charge in [-0.05, 0) is 13.8 Å². The molecule has 0 aliphatic rings. The van der Waals surface area contributed by atoms with Crippen LogP contribution in [0.4, 0.5) is 0 Å². The Morgan fingerprint density at radius 3 is 2.29 bits per heavy atom. The summed E-state index contributed by atoms with van der Waals surface area (Å²) in [6.45, 7) is 3.31. The number of hydrogen-bond donors (Lipinski definition) is 2. The van der Waals surface area contributed by atoms with Gasteiger partial charge in [-0.1, -0.05) is 0 Å². The second-order valence-electron chi connectivity index (χ2n) is 3.37. The van der Waals surface area contributed by atoms with E-state index >= 15 is 0 Å². The molecule has 0 amide bonds. The molecule has 2 N–H and O–H groups in total. The molecule has 17 heavy (non-hydrogen) atoms. The van der Waals surface area contributed by atoms with E-state index in [4.69, 9.17) is 10.2 Å². The number of ether oxygens (including phenoxy) is 2. The van der Waals surface area contributed by atoms with Gasteiger partial charge in [-0.15, -0.1) is 0 Å². The van der Waals surface area contributed by atoms with Crippen LogP contribution in [0, 0.1) is 0 Å². The predicted octanol–water partition coefficient (Wildman–Crippen LogP) is -0.293. The number of carbonyl (C=O) groups is 3. The molecule has 7 nitrogen and oxygen atoms in total. The average molecular weight is 248 g/mol. The van der Waals surface area contributed by atoms with Gasteiger partial charge in [0.2, 0.25) is 0 Å². The summed E-state index contributed by atoms with van der Waals surface area (Å²) in [5.74, 6) is -2.91. The van der Waals surface area contributed by atoms with Crippen molar-refractivity contribution in [1.29, 1.82) is 0 Å². The van der Waals surface area contributed by atoms with Gasteiger partial charge >= 0.3 is 17.9 Å². The van der Waals surface area contributed by atoms with E-state index < -0.39 is 36.5 Å². The Bertz CT molecular complexity index is 286. The fourth-order valence-electron chi connectivity index (χ4n) is 1.02. The van der Waals surface area contributed by atoms with Crippen LogP contribution in [0.1, 0.15) is 26.7 Å². The van der Waals surface area contributed by atoms with E-state index in [2.05, 4.69) is 9.47 Å². The Labute approximate surface area is 98.3 Å². The molecule has 2 atom stereocenters. The van der Waals surface area contributed by atoms with Gasteiger partial charge in [-0.25, -0.2) is 4.79 Å².